The van der Waals surface area contributed by atoms with E-state index in [4.69, 9.17) is 13.3 Å². The summed E-state index contributed by atoms with van der Waals surface area (Å²) in [6, 6.07) is 0. The molecule has 0 bridgehead atoms. The van der Waals surface area contributed by atoms with Gasteiger partial charge in [-0.05, 0) is 4.08 Å². The van der Waals surface area contributed by atoms with Gasteiger partial charge < -0.3 is 13.3 Å². The lowest BCUT2D eigenvalue weighted by atomic mass is 10.6. The number of hydrogen-bond donors (Lipinski definition) is 0. The number of allylic oxidation sites excluding steroid dienone is 2. The summed E-state index contributed by atoms with van der Waals surface area (Å²) in [7, 11) is 2.11. The van der Waals surface area contributed by atoms with Gasteiger partial charge in [-0.25, -0.2) is 0 Å². The molecule has 70 valence electrons. The summed E-state index contributed by atoms with van der Waals surface area (Å²) in [4.78, 5) is 0. The average Bonchev–Trinajstić information content (AvgIpc) is 2.14. The van der Waals surface area contributed by atoms with Gasteiger partial charge in [0.2, 0.25) is 0 Å². The van der Waals surface area contributed by atoms with Crippen molar-refractivity contribution in [3.05, 3.63) is 21.9 Å². The molecule has 0 aromatic heterocycles. The molecule has 0 amide bonds. The fraction of sp³-hybridized carbons (Fsp3) is 0.429. The van der Waals surface area contributed by atoms with Gasteiger partial charge in [0, 0.05) is 26.5 Å². The van der Waals surface area contributed by atoms with Gasteiger partial charge in [-0.3, -0.25) is 0 Å². The summed E-state index contributed by atoms with van der Waals surface area (Å²) >= 11 is 2.11. The molecule has 0 rings (SSSR count). The van der Waals surface area contributed by atoms with Gasteiger partial charge in [0.05, 0.1) is 0 Å². The molecule has 0 aliphatic heterocycles. The fourth-order valence-electron chi connectivity index (χ4n) is 0.840. The maximum absolute atomic E-state index is 5.23. The Hall–Kier alpha value is 0.307. The van der Waals surface area contributed by atoms with E-state index in [2.05, 4.69) is 29.2 Å². The van der Waals surface area contributed by atoms with Crippen LogP contribution in [0.3, 0.4) is 0 Å². The lowest BCUT2D eigenvalue weighted by molar-refractivity contribution is 0.136. The molecule has 0 saturated carbocycles. The zero-order valence-electron chi connectivity index (χ0n) is 7.46. The van der Waals surface area contributed by atoms with Crippen LogP contribution in [0.4, 0.5) is 0 Å². The smallest absolute Gasteiger partial charge is 0.373 e. The van der Waals surface area contributed by atoms with Crippen LogP contribution in [0.15, 0.2) is 21.9 Å². The SMILES string of the molecule is C=CC(=CI)[Si](OC)(OC)OC. The van der Waals surface area contributed by atoms with Gasteiger partial charge in [0.15, 0.2) is 0 Å². The zero-order chi connectivity index (χ0) is 9.61. The average molecular weight is 300 g/mol. The predicted molar refractivity (Wildman–Crippen MR) is 59.1 cm³/mol. The van der Waals surface area contributed by atoms with Crippen LogP contribution in [-0.4, -0.2) is 30.1 Å². The van der Waals surface area contributed by atoms with Crippen molar-refractivity contribution < 1.29 is 13.3 Å². The third-order valence-electron chi connectivity index (χ3n) is 1.50. The largest absolute Gasteiger partial charge is 0.536 e. The van der Waals surface area contributed by atoms with Crippen molar-refractivity contribution in [1.82, 2.24) is 0 Å². The number of rotatable bonds is 5. The Labute approximate surface area is 87.9 Å². The van der Waals surface area contributed by atoms with E-state index in [1.165, 1.54) is 0 Å². The Balaban J connectivity index is 4.80. The molecule has 0 atom stereocenters. The topological polar surface area (TPSA) is 27.7 Å². The highest BCUT2D eigenvalue weighted by Gasteiger charge is 2.41. The molecular formula is C7H13IO3Si. The second-order valence-corrected chi connectivity index (χ2v) is 5.47. The van der Waals surface area contributed by atoms with Crippen molar-refractivity contribution in [3.8, 4) is 0 Å². The molecule has 0 radical (unpaired) electrons. The van der Waals surface area contributed by atoms with Gasteiger partial charge >= 0.3 is 8.80 Å². The van der Waals surface area contributed by atoms with Crippen molar-refractivity contribution in [1.29, 1.82) is 0 Å². The third kappa shape index (κ3) is 2.40. The van der Waals surface area contributed by atoms with Crippen LogP contribution < -0.4 is 0 Å². The minimum atomic E-state index is -2.61. The number of hydrogen-bond acceptors (Lipinski definition) is 3. The lowest BCUT2D eigenvalue weighted by Gasteiger charge is -2.24. The van der Waals surface area contributed by atoms with E-state index in [9.17, 15) is 0 Å². The van der Waals surface area contributed by atoms with Gasteiger partial charge in [0.25, 0.3) is 0 Å². The first-order valence-corrected chi connectivity index (χ1v) is 6.26. The fourth-order valence-corrected chi connectivity index (χ4v) is 3.83. The highest BCUT2D eigenvalue weighted by atomic mass is 127. The quantitative estimate of drug-likeness (QED) is 0.441. The highest BCUT2D eigenvalue weighted by molar-refractivity contribution is 14.1. The van der Waals surface area contributed by atoms with Gasteiger partial charge in [-0.2, -0.15) is 0 Å². The summed E-state index contributed by atoms with van der Waals surface area (Å²) in [6.45, 7) is 3.66. The molecule has 0 aromatic rings. The van der Waals surface area contributed by atoms with E-state index in [0.29, 0.717) is 0 Å². The zero-order valence-corrected chi connectivity index (χ0v) is 10.6. The second kappa shape index (κ2) is 5.87. The van der Waals surface area contributed by atoms with Crippen LogP contribution in [0.2, 0.25) is 0 Å². The Morgan fingerprint density at radius 3 is 1.75 bits per heavy atom. The lowest BCUT2D eigenvalue weighted by Crippen LogP contribution is -2.44. The Kier molecular flexibility index (Phi) is 6.02. The van der Waals surface area contributed by atoms with Crippen LogP contribution in [0, 0.1) is 0 Å². The maximum Gasteiger partial charge on any atom is 0.536 e. The summed E-state index contributed by atoms with van der Waals surface area (Å²) < 4.78 is 17.5. The molecule has 12 heavy (non-hydrogen) atoms. The Morgan fingerprint density at radius 1 is 1.25 bits per heavy atom. The second-order valence-electron chi connectivity index (χ2n) is 1.94. The van der Waals surface area contributed by atoms with Crippen LogP contribution in [0.5, 0.6) is 0 Å². The molecule has 0 N–H and O–H groups in total. The molecule has 0 unspecified atom stereocenters. The van der Waals surface area contributed by atoms with Crippen molar-refractivity contribution in [2.24, 2.45) is 0 Å². The van der Waals surface area contributed by atoms with Gasteiger partial charge in [-0.15, -0.1) is 0 Å². The highest BCUT2D eigenvalue weighted by Crippen LogP contribution is 2.19. The Bertz CT molecular complexity index is 169. The van der Waals surface area contributed by atoms with Crippen LogP contribution in [-0.2, 0) is 13.3 Å². The third-order valence-corrected chi connectivity index (χ3v) is 5.42. The van der Waals surface area contributed by atoms with E-state index >= 15 is 0 Å². The van der Waals surface area contributed by atoms with Crippen LogP contribution >= 0.6 is 22.6 Å². The first kappa shape index (κ1) is 12.3. The molecule has 0 aliphatic rings. The minimum absolute atomic E-state index is 0.871. The molecule has 0 saturated heterocycles. The molecule has 0 aliphatic carbocycles. The first-order valence-electron chi connectivity index (χ1n) is 3.29. The molecular weight excluding hydrogens is 287 g/mol. The standard InChI is InChI=1S/C7H13IO3Si/c1-5-7(6-8)12(9-2,10-3)11-4/h5-6H,1H2,2-4H3. The normalized spacial score (nSPS) is 13.2. The summed E-state index contributed by atoms with van der Waals surface area (Å²) in [5.41, 5.74) is 0. The molecule has 0 fully saturated rings. The van der Waals surface area contributed by atoms with Gasteiger partial charge in [0.1, 0.15) is 0 Å². The summed E-state index contributed by atoms with van der Waals surface area (Å²) in [5.74, 6) is 0. The molecule has 5 heteroatoms. The van der Waals surface area contributed by atoms with Gasteiger partial charge in [-0.1, -0.05) is 35.2 Å². The van der Waals surface area contributed by atoms with Crippen molar-refractivity contribution in [2.75, 3.05) is 21.3 Å². The summed E-state index contributed by atoms with van der Waals surface area (Å²) in [5, 5.41) is 0.871. The molecule has 0 spiro atoms. The van der Waals surface area contributed by atoms with E-state index in [-0.39, 0.29) is 0 Å². The van der Waals surface area contributed by atoms with Crippen molar-refractivity contribution in [2.45, 2.75) is 0 Å². The minimum Gasteiger partial charge on any atom is -0.373 e. The van der Waals surface area contributed by atoms with Crippen LogP contribution in [0.1, 0.15) is 0 Å². The van der Waals surface area contributed by atoms with E-state index in [0.717, 1.165) is 5.20 Å². The van der Waals surface area contributed by atoms with Crippen molar-refractivity contribution in [3.63, 3.8) is 0 Å². The van der Waals surface area contributed by atoms with E-state index in [1.807, 2.05) is 4.08 Å². The van der Waals surface area contributed by atoms with E-state index < -0.39 is 8.80 Å². The van der Waals surface area contributed by atoms with Crippen LogP contribution in [0.25, 0.3) is 0 Å². The van der Waals surface area contributed by atoms with E-state index in [1.54, 1.807) is 27.4 Å². The molecule has 3 nitrogen and oxygen atoms in total. The monoisotopic (exact) mass is 300 g/mol. The molecule has 0 heterocycles. The first-order chi connectivity index (χ1) is 5.70. The summed E-state index contributed by atoms with van der Waals surface area (Å²) in [6.07, 6.45) is 1.69. The Morgan fingerprint density at radius 2 is 1.67 bits per heavy atom. The maximum atomic E-state index is 5.23. The number of halogens is 1. The van der Waals surface area contributed by atoms with Crippen molar-refractivity contribution >= 4 is 31.4 Å². The molecule has 0 aromatic carbocycles. The predicted octanol–water partition coefficient (Wildman–Crippen LogP) is 1.91.